The largest absolute Gasteiger partial charge is 0.496 e. The summed E-state index contributed by atoms with van der Waals surface area (Å²) in [6.07, 6.45) is 0. The molecule has 0 aliphatic rings. The average Bonchev–Trinajstić information content (AvgIpc) is 2.30. The Labute approximate surface area is 105 Å². The molecule has 0 saturated heterocycles. The zero-order valence-electron chi connectivity index (χ0n) is 9.99. The summed E-state index contributed by atoms with van der Waals surface area (Å²) < 4.78 is 5.39. The van der Waals surface area contributed by atoms with Crippen molar-refractivity contribution in [3.05, 3.63) is 40.5 Å². The normalized spacial score (nSPS) is 10.4. The van der Waals surface area contributed by atoms with Gasteiger partial charge in [-0.2, -0.15) is 0 Å². The molecule has 2 rings (SSSR count). The van der Waals surface area contributed by atoms with Crippen molar-refractivity contribution in [2.24, 2.45) is 0 Å². The highest BCUT2D eigenvalue weighted by Crippen LogP contribution is 2.32. The number of halogens is 1. The van der Waals surface area contributed by atoms with Gasteiger partial charge in [0.05, 0.1) is 12.8 Å². The fourth-order valence-electron chi connectivity index (χ4n) is 1.87. The van der Waals surface area contributed by atoms with Crippen molar-refractivity contribution in [2.75, 3.05) is 7.11 Å². The molecule has 88 valence electrons. The van der Waals surface area contributed by atoms with Crippen molar-refractivity contribution in [1.29, 1.82) is 0 Å². The van der Waals surface area contributed by atoms with E-state index in [0.717, 1.165) is 28.1 Å². The van der Waals surface area contributed by atoms with Crippen LogP contribution in [0, 0.1) is 13.8 Å². The summed E-state index contributed by atoms with van der Waals surface area (Å²) in [5.41, 5.74) is 3.99. The Morgan fingerprint density at radius 3 is 2.47 bits per heavy atom. The van der Waals surface area contributed by atoms with Gasteiger partial charge in [-0.05, 0) is 43.2 Å². The van der Waals surface area contributed by atoms with E-state index in [9.17, 15) is 0 Å². The van der Waals surface area contributed by atoms with Gasteiger partial charge < -0.3 is 4.74 Å². The van der Waals surface area contributed by atoms with Crippen LogP contribution < -0.4 is 4.74 Å². The molecule has 0 unspecified atom stereocenters. The topological polar surface area (TPSA) is 35.0 Å². The highest BCUT2D eigenvalue weighted by molar-refractivity contribution is 6.29. The Hall–Kier alpha value is -1.61. The fourth-order valence-corrected chi connectivity index (χ4v) is 1.97. The van der Waals surface area contributed by atoms with Crippen molar-refractivity contribution >= 4 is 11.6 Å². The maximum atomic E-state index is 5.73. The van der Waals surface area contributed by atoms with Gasteiger partial charge in [-0.15, -0.1) is 10.2 Å². The summed E-state index contributed by atoms with van der Waals surface area (Å²) in [5.74, 6) is 0.805. The SMILES string of the molecule is COc1cc(C)cc(C)c1-c1ccc(Cl)nn1. The summed E-state index contributed by atoms with van der Waals surface area (Å²) >= 11 is 5.73. The summed E-state index contributed by atoms with van der Waals surface area (Å²) in [5, 5.41) is 8.33. The van der Waals surface area contributed by atoms with E-state index in [-0.39, 0.29) is 0 Å². The predicted octanol–water partition coefficient (Wildman–Crippen LogP) is 3.42. The molecule has 1 aromatic carbocycles. The Morgan fingerprint density at radius 2 is 1.88 bits per heavy atom. The molecule has 0 aliphatic carbocycles. The molecule has 0 radical (unpaired) electrons. The number of rotatable bonds is 2. The second-order valence-electron chi connectivity index (χ2n) is 3.90. The molecular weight excluding hydrogens is 236 g/mol. The van der Waals surface area contributed by atoms with Gasteiger partial charge in [0.15, 0.2) is 5.15 Å². The smallest absolute Gasteiger partial charge is 0.151 e. The third-order valence-electron chi connectivity index (χ3n) is 2.55. The zero-order chi connectivity index (χ0) is 12.4. The van der Waals surface area contributed by atoms with E-state index in [1.807, 2.05) is 26.0 Å². The lowest BCUT2D eigenvalue weighted by Gasteiger charge is -2.11. The number of ether oxygens (including phenoxy) is 1. The van der Waals surface area contributed by atoms with Crippen LogP contribution in [0.4, 0.5) is 0 Å². The molecule has 0 atom stereocenters. The van der Waals surface area contributed by atoms with Crippen molar-refractivity contribution in [3.63, 3.8) is 0 Å². The molecule has 4 heteroatoms. The van der Waals surface area contributed by atoms with Gasteiger partial charge in [0.2, 0.25) is 0 Å². The molecule has 0 N–H and O–H groups in total. The monoisotopic (exact) mass is 248 g/mol. The van der Waals surface area contributed by atoms with Gasteiger partial charge in [0.1, 0.15) is 5.75 Å². The van der Waals surface area contributed by atoms with Gasteiger partial charge >= 0.3 is 0 Å². The molecule has 0 saturated carbocycles. The number of benzene rings is 1. The fraction of sp³-hybridized carbons (Fsp3) is 0.231. The van der Waals surface area contributed by atoms with E-state index in [1.54, 1.807) is 13.2 Å². The van der Waals surface area contributed by atoms with Crippen molar-refractivity contribution in [3.8, 4) is 17.0 Å². The van der Waals surface area contributed by atoms with Crippen LogP contribution >= 0.6 is 11.6 Å². The summed E-state index contributed by atoms with van der Waals surface area (Å²) in [6.45, 7) is 4.06. The van der Waals surface area contributed by atoms with E-state index in [1.165, 1.54) is 0 Å². The van der Waals surface area contributed by atoms with E-state index < -0.39 is 0 Å². The second-order valence-corrected chi connectivity index (χ2v) is 4.29. The van der Waals surface area contributed by atoms with Crippen molar-refractivity contribution in [2.45, 2.75) is 13.8 Å². The van der Waals surface area contributed by atoms with E-state index in [2.05, 4.69) is 16.3 Å². The third kappa shape index (κ3) is 2.39. The summed E-state index contributed by atoms with van der Waals surface area (Å²) in [4.78, 5) is 0. The number of aryl methyl sites for hydroxylation is 2. The second kappa shape index (κ2) is 4.72. The highest BCUT2D eigenvalue weighted by atomic mass is 35.5. The Morgan fingerprint density at radius 1 is 1.12 bits per heavy atom. The first-order chi connectivity index (χ1) is 8.11. The highest BCUT2D eigenvalue weighted by Gasteiger charge is 2.11. The number of nitrogens with zero attached hydrogens (tertiary/aromatic N) is 2. The summed E-state index contributed by atoms with van der Waals surface area (Å²) in [7, 11) is 1.65. The molecule has 0 spiro atoms. The lowest BCUT2D eigenvalue weighted by atomic mass is 10.0. The molecule has 0 fully saturated rings. The van der Waals surface area contributed by atoms with Crippen LogP contribution in [0.2, 0.25) is 5.15 Å². The van der Waals surface area contributed by atoms with Crippen LogP contribution in [0.1, 0.15) is 11.1 Å². The first-order valence-corrected chi connectivity index (χ1v) is 5.64. The van der Waals surface area contributed by atoms with E-state index in [0.29, 0.717) is 5.15 Å². The number of aromatic nitrogens is 2. The van der Waals surface area contributed by atoms with Gasteiger partial charge in [-0.3, -0.25) is 0 Å². The molecule has 0 aliphatic heterocycles. The number of hydrogen-bond donors (Lipinski definition) is 0. The van der Waals surface area contributed by atoms with Crippen LogP contribution in [0.3, 0.4) is 0 Å². The Kier molecular flexibility index (Phi) is 3.29. The molecular formula is C13H13ClN2O. The quantitative estimate of drug-likeness (QED) is 0.817. The predicted molar refractivity (Wildman–Crippen MR) is 68.5 cm³/mol. The van der Waals surface area contributed by atoms with Crippen LogP contribution in [-0.4, -0.2) is 17.3 Å². The maximum Gasteiger partial charge on any atom is 0.151 e. The van der Waals surface area contributed by atoms with Crippen LogP contribution in [-0.2, 0) is 0 Å². The molecule has 0 bridgehead atoms. The van der Waals surface area contributed by atoms with E-state index in [4.69, 9.17) is 16.3 Å². The van der Waals surface area contributed by atoms with Gasteiger partial charge in [-0.25, -0.2) is 0 Å². The molecule has 17 heavy (non-hydrogen) atoms. The van der Waals surface area contributed by atoms with Gasteiger partial charge in [0, 0.05) is 5.56 Å². The van der Waals surface area contributed by atoms with Crippen LogP contribution in [0.25, 0.3) is 11.3 Å². The minimum atomic E-state index is 0.387. The van der Waals surface area contributed by atoms with Crippen LogP contribution in [0.5, 0.6) is 5.75 Å². The molecule has 1 aromatic heterocycles. The first kappa shape index (κ1) is 11.9. The van der Waals surface area contributed by atoms with Gasteiger partial charge in [-0.1, -0.05) is 17.7 Å². The molecule has 3 nitrogen and oxygen atoms in total. The summed E-state index contributed by atoms with van der Waals surface area (Å²) in [6, 6.07) is 7.64. The van der Waals surface area contributed by atoms with E-state index >= 15 is 0 Å². The maximum absolute atomic E-state index is 5.73. The van der Waals surface area contributed by atoms with Gasteiger partial charge in [0.25, 0.3) is 0 Å². The number of methoxy groups -OCH3 is 1. The lowest BCUT2D eigenvalue weighted by Crippen LogP contribution is -1.95. The Bertz CT molecular complexity index is 538. The van der Waals surface area contributed by atoms with Crippen molar-refractivity contribution < 1.29 is 4.74 Å². The van der Waals surface area contributed by atoms with Crippen molar-refractivity contribution in [1.82, 2.24) is 10.2 Å². The van der Waals surface area contributed by atoms with Crippen LogP contribution in [0.15, 0.2) is 24.3 Å². The minimum absolute atomic E-state index is 0.387. The standard InChI is InChI=1S/C13H13ClN2O/c1-8-6-9(2)13(11(7-8)17-3)10-4-5-12(14)16-15-10/h4-7H,1-3H3. The number of hydrogen-bond acceptors (Lipinski definition) is 3. The molecule has 1 heterocycles. The average molecular weight is 249 g/mol. The first-order valence-electron chi connectivity index (χ1n) is 5.26. The minimum Gasteiger partial charge on any atom is -0.496 e. The zero-order valence-corrected chi connectivity index (χ0v) is 10.7. The Balaban J connectivity index is 2.61. The third-order valence-corrected chi connectivity index (χ3v) is 2.75. The lowest BCUT2D eigenvalue weighted by molar-refractivity contribution is 0.415. The molecule has 0 amide bonds. The molecule has 2 aromatic rings.